The molecule has 2 rings (SSSR count). The van der Waals surface area contributed by atoms with Crippen molar-refractivity contribution in [3.8, 4) is 0 Å². The molecule has 2 aliphatic rings. The van der Waals surface area contributed by atoms with Crippen LogP contribution in [0.5, 0.6) is 0 Å². The first-order valence-electron chi connectivity index (χ1n) is 8.09. The SMILES string of the molecule is CN(C)CCNC(=O)C[C@@H]1O[C@H](CNC(=O)C2CC2)[C@@H](O)[C@H]1O. The van der Waals surface area contributed by atoms with Gasteiger partial charge in [0.25, 0.3) is 0 Å². The average Bonchev–Trinajstić information content (AvgIpc) is 3.29. The Balaban J connectivity index is 1.72. The Morgan fingerprint density at radius 1 is 1.13 bits per heavy atom. The summed E-state index contributed by atoms with van der Waals surface area (Å²) in [6, 6.07) is 0. The van der Waals surface area contributed by atoms with Crippen molar-refractivity contribution in [1.82, 2.24) is 15.5 Å². The molecular formula is C15H27N3O5. The van der Waals surface area contributed by atoms with Crippen LogP contribution < -0.4 is 10.6 Å². The van der Waals surface area contributed by atoms with Crippen molar-refractivity contribution in [2.45, 2.75) is 43.7 Å². The van der Waals surface area contributed by atoms with Gasteiger partial charge in [0.05, 0.1) is 12.5 Å². The lowest BCUT2D eigenvalue weighted by Gasteiger charge is -2.15. The normalized spacial score (nSPS) is 30.5. The number of carbonyl (C=O) groups excluding carboxylic acids is 2. The van der Waals surface area contributed by atoms with Gasteiger partial charge in [-0.05, 0) is 26.9 Å². The molecule has 23 heavy (non-hydrogen) atoms. The van der Waals surface area contributed by atoms with Gasteiger partial charge in [0.1, 0.15) is 18.3 Å². The van der Waals surface area contributed by atoms with Crippen LogP contribution in [0.15, 0.2) is 0 Å². The van der Waals surface area contributed by atoms with Crippen LogP contribution in [0.2, 0.25) is 0 Å². The highest BCUT2D eigenvalue weighted by Crippen LogP contribution is 2.29. The fraction of sp³-hybridized carbons (Fsp3) is 0.867. The molecule has 0 bridgehead atoms. The minimum absolute atomic E-state index is 0.0152. The summed E-state index contributed by atoms with van der Waals surface area (Å²) in [4.78, 5) is 25.4. The molecule has 1 aliphatic carbocycles. The Morgan fingerprint density at radius 3 is 2.39 bits per heavy atom. The Kier molecular flexibility index (Phi) is 6.34. The summed E-state index contributed by atoms with van der Waals surface area (Å²) in [5.74, 6) is -0.192. The van der Waals surface area contributed by atoms with E-state index in [0.717, 1.165) is 19.4 Å². The van der Waals surface area contributed by atoms with Crippen LogP contribution in [0.25, 0.3) is 0 Å². The summed E-state index contributed by atoms with van der Waals surface area (Å²) in [6.07, 6.45) is -1.89. The van der Waals surface area contributed by atoms with Crippen molar-refractivity contribution in [3.05, 3.63) is 0 Å². The number of ether oxygens (including phenoxy) is 1. The largest absolute Gasteiger partial charge is 0.388 e. The van der Waals surface area contributed by atoms with Gasteiger partial charge in [-0.15, -0.1) is 0 Å². The van der Waals surface area contributed by atoms with Crippen LogP contribution >= 0.6 is 0 Å². The molecule has 0 aromatic heterocycles. The molecule has 8 nitrogen and oxygen atoms in total. The maximum atomic E-state index is 11.8. The number of likely N-dealkylation sites (N-methyl/N-ethyl adjacent to an activating group) is 1. The number of rotatable bonds is 8. The second kappa shape index (κ2) is 8.05. The highest BCUT2D eigenvalue weighted by Gasteiger charge is 2.43. The van der Waals surface area contributed by atoms with Gasteiger partial charge >= 0.3 is 0 Å². The average molecular weight is 329 g/mol. The molecule has 4 N–H and O–H groups in total. The first kappa shape index (κ1) is 18.1. The molecule has 1 saturated carbocycles. The molecule has 1 aliphatic heterocycles. The summed E-state index contributed by atoms with van der Waals surface area (Å²) < 4.78 is 5.55. The molecule has 0 unspecified atom stereocenters. The van der Waals surface area contributed by atoms with Gasteiger partial charge in [-0.25, -0.2) is 0 Å². The molecule has 0 aromatic carbocycles. The Bertz CT molecular complexity index is 427. The monoisotopic (exact) mass is 329 g/mol. The minimum atomic E-state index is -1.13. The lowest BCUT2D eigenvalue weighted by atomic mass is 10.1. The van der Waals surface area contributed by atoms with Gasteiger partial charge in [-0.1, -0.05) is 0 Å². The highest BCUT2D eigenvalue weighted by atomic mass is 16.5. The number of aliphatic hydroxyl groups excluding tert-OH is 2. The predicted molar refractivity (Wildman–Crippen MR) is 82.6 cm³/mol. The fourth-order valence-corrected chi connectivity index (χ4v) is 2.53. The van der Waals surface area contributed by atoms with E-state index in [-0.39, 0.29) is 30.7 Å². The smallest absolute Gasteiger partial charge is 0.223 e. The Morgan fingerprint density at radius 2 is 1.78 bits per heavy atom. The first-order chi connectivity index (χ1) is 10.9. The van der Waals surface area contributed by atoms with E-state index in [4.69, 9.17) is 4.74 Å². The van der Waals surface area contributed by atoms with Crippen LogP contribution in [0.4, 0.5) is 0 Å². The van der Waals surface area contributed by atoms with E-state index in [2.05, 4.69) is 10.6 Å². The molecule has 1 heterocycles. The van der Waals surface area contributed by atoms with E-state index in [0.29, 0.717) is 6.54 Å². The number of hydrogen-bond donors (Lipinski definition) is 4. The van der Waals surface area contributed by atoms with Crippen molar-refractivity contribution in [2.24, 2.45) is 5.92 Å². The summed E-state index contributed by atoms with van der Waals surface area (Å²) in [5, 5.41) is 25.5. The maximum absolute atomic E-state index is 11.8. The van der Waals surface area contributed by atoms with Gasteiger partial charge < -0.3 is 30.5 Å². The van der Waals surface area contributed by atoms with Crippen LogP contribution in [0, 0.1) is 5.92 Å². The van der Waals surface area contributed by atoms with Gasteiger partial charge in [0.2, 0.25) is 11.8 Å². The van der Waals surface area contributed by atoms with Crippen molar-refractivity contribution in [3.63, 3.8) is 0 Å². The van der Waals surface area contributed by atoms with Gasteiger partial charge in [-0.3, -0.25) is 9.59 Å². The molecule has 2 fully saturated rings. The van der Waals surface area contributed by atoms with E-state index in [9.17, 15) is 19.8 Å². The number of nitrogens with zero attached hydrogens (tertiary/aromatic N) is 1. The molecule has 2 amide bonds. The summed E-state index contributed by atoms with van der Waals surface area (Å²) in [7, 11) is 3.82. The van der Waals surface area contributed by atoms with Crippen LogP contribution in [0.3, 0.4) is 0 Å². The van der Waals surface area contributed by atoms with E-state index in [1.807, 2.05) is 19.0 Å². The number of aliphatic hydroxyl groups is 2. The molecule has 0 aromatic rings. The molecule has 8 heteroatoms. The topological polar surface area (TPSA) is 111 Å². The number of hydrogen-bond acceptors (Lipinski definition) is 6. The summed E-state index contributed by atoms with van der Waals surface area (Å²) in [6.45, 7) is 1.38. The van der Waals surface area contributed by atoms with Crippen molar-refractivity contribution in [1.29, 1.82) is 0 Å². The Labute approximate surface area is 136 Å². The quantitative estimate of drug-likeness (QED) is 0.413. The summed E-state index contributed by atoms with van der Waals surface area (Å²) in [5.41, 5.74) is 0. The number of carbonyl (C=O) groups is 2. The lowest BCUT2D eigenvalue weighted by Crippen LogP contribution is -2.40. The maximum Gasteiger partial charge on any atom is 0.223 e. The molecule has 0 spiro atoms. The second-order valence-electron chi connectivity index (χ2n) is 6.57. The van der Waals surface area contributed by atoms with Crippen molar-refractivity contribution >= 4 is 11.8 Å². The third-order valence-electron chi connectivity index (χ3n) is 4.15. The molecule has 0 radical (unpaired) electrons. The number of amides is 2. The van der Waals surface area contributed by atoms with Gasteiger partial charge in [-0.2, -0.15) is 0 Å². The molecule has 4 atom stereocenters. The van der Waals surface area contributed by atoms with Crippen molar-refractivity contribution < 1.29 is 24.5 Å². The number of nitrogens with one attached hydrogen (secondary N) is 2. The second-order valence-corrected chi connectivity index (χ2v) is 6.57. The first-order valence-corrected chi connectivity index (χ1v) is 8.09. The zero-order valence-corrected chi connectivity index (χ0v) is 13.7. The van der Waals surface area contributed by atoms with E-state index in [1.54, 1.807) is 0 Å². The zero-order chi connectivity index (χ0) is 17.0. The van der Waals surface area contributed by atoms with Gasteiger partial charge in [0, 0.05) is 25.6 Å². The van der Waals surface area contributed by atoms with Crippen LogP contribution in [0.1, 0.15) is 19.3 Å². The third kappa shape index (κ3) is 5.42. The minimum Gasteiger partial charge on any atom is -0.388 e. The summed E-state index contributed by atoms with van der Waals surface area (Å²) >= 11 is 0. The Hall–Kier alpha value is -1.22. The molecular weight excluding hydrogens is 302 g/mol. The van der Waals surface area contributed by atoms with Crippen LogP contribution in [-0.2, 0) is 14.3 Å². The predicted octanol–water partition coefficient (Wildman–Crippen LogP) is -1.93. The van der Waals surface area contributed by atoms with E-state index >= 15 is 0 Å². The zero-order valence-electron chi connectivity index (χ0n) is 13.7. The highest BCUT2D eigenvalue weighted by molar-refractivity contribution is 5.80. The third-order valence-corrected chi connectivity index (χ3v) is 4.15. The van der Waals surface area contributed by atoms with Gasteiger partial charge in [0.15, 0.2) is 0 Å². The van der Waals surface area contributed by atoms with Crippen LogP contribution in [-0.4, -0.2) is 85.1 Å². The molecule has 1 saturated heterocycles. The molecule has 132 valence electrons. The van der Waals surface area contributed by atoms with E-state index < -0.39 is 24.4 Å². The van der Waals surface area contributed by atoms with E-state index in [1.165, 1.54) is 0 Å². The fourth-order valence-electron chi connectivity index (χ4n) is 2.53. The standard InChI is InChI=1S/C15H27N3O5/c1-18(2)6-5-16-12(19)7-10-13(20)14(21)11(23-10)8-17-15(22)9-3-4-9/h9-11,13-14,20-21H,3-8H2,1-2H3,(H,16,19)(H,17,22)/t10-,11+,13-,14+/m0/s1. The lowest BCUT2D eigenvalue weighted by molar-refractivity contribution is -0.126. The van der Waals surface area contributed by atoms with Crippen molar-refractivity contribution in [2.75, 3.05) is 33.7 Å².